The SMILES string of the molecule is Cc1noc(C)c1CSc1ccccc1C(=O)NC1CCSc2ccc(F)cc21. The maximum atomic E-state index is 13.8. The molecule has 0 radical (unpaired) electrons. The summed E-state index contributed by atoms with van der Waals surface area (Å²) in [6.07, 6.45) is 0.779. The molecule has 1 unspecified atom stereocenters. The Labute approximate surface area is 177 Å². The van der Waals surface area contributed by atoms with Crippen LogP contribution in [0.5, 0.6) is 0 Å². The average molecular weight is 429 g/mol. The summed E-state index contributed by atoms with van der Waals surface area (Å²) in [5.74, 6) is 1.96. The topological polar surface area (TPSA) is 55.1 Å². The lowest BCUT2D eigenvalue weighted by Crippen LogP contribution is -2.31. The van der Waals surface area contributed by atoms with E-state index in [1.54, 1.807) is 29.6 Å². The lowest BCUT2D eigenvalue weighted by Gasteiger charge is -2.26. The zero-order chi connectivity index (χ0) is 20.4. The summed E-state index contributed by atoms with van der Waals surface area (Å²) in [6, 6.07) is 12.2. The summed E-state index contributed by atoms with van der Waals surface area (Å²) in [5, 5.41) is 7.10. The minimum Gasteiger partial charge on any atom is -0.361 e. The number of benzene rings is 2. The normalized spacial score (nSPS) is 15.8. The number of aromatic nitrogens is 1. The van der Waals surface area contributed by atoms with Crippen LogP contribution in [0, 0.1) is 19.7 Å². The van der Waals surface area contributed by atoms with E-state index in [-0.39, 0.29) is 17.8 Å². The van der Waals surface area contributed by atoms with Gasteiger partial charge in [-0.3, -0.25) is 4.79 Å². The van der Waals surface area contributed by atoms with E-state index in [4.69, 9.17) is 4.52 Å². The standard InChI is InChI=1S/C22H21FN2O2S2/c1-13-18(14(2)27-25-13)12-29-20-6-4-3-5-16(20)22(26)24-19-9-10-28-21-8-7-15(23)11-17(19)21/h3-8,11,19H,9-10,12H2,1-2H3,(H,24,26). The number of thioether (sulfide) groups is 2. The molecule has 0 bridgehead atoms. The number of amides is 1. The molecule has 150 valence electrons. The first-order valence-corrected chi connectivity index (χ1v) is 11.4. The van der Waals surface area contributed by atoms with E-state index in [0.717, 1.165) is 44.5 Å². The number of fused-ring (bicyclic) bond motifs is 1. The highest BCUT2D eigenvalue weighted by atomic mass is 32.2. The van der Waals surface area contributed by atoms with Gasteiger partial charge in [0.25, 0.3) is 5.91 Å². The molecule has 4 nitrogen and oxygen atoms in total. The van der Waals surface area contributed by atoms with E-state index in [1.807, 2.05) is 38.1 Å². The van der Waals surface area contributed by atoms with Gasteiger partial charge in [0.05, 0.1) is 17.3 Å². The summed E-state index contributed by atoms with van der Waals surface area (Å²) < 4.78 is 19.0. The van der Waals surface area contributed by atoms with Gasteiger partial charge >= 0.3 is 0 Å². The van der Waals surface area contributed by atoms with E-state index < -0.39 is 0 Å². The highest BCUT2D eigenvalue weighted by Crippen LogP contribution is 2.37. The third kappa shape index (κ3) is 4.36. The van der Waals surface area contributed by atoms with Crippen molar-refractivity contribution in [2.45, 2.75) is 41.9 Å². The lowest BCUT2D eigenvalue weighted by atomic mass is 10.0. The molecule has 1 amide bonds. The van der Waals surface area contributed by atoms with E-state index in [0.29, 0.717) is 11.3 Å². The fourth-order valence-electron chi connectivity index (χ4n) is 3.39. The summed E-state index contributed by atoms with van der Waals surface area (Å²) in [6.45, 7) is 3.81. The second-order valence-electron chi connectivity index (χ2n) is 6.93. The number of nitrogens with zero attached hydrogens (tertiary/aromatic N) is 1. The fraction of sp³-hybridized carbons (Fsp3) is 0.273. The van der Waals surface area contributed by atoms with Gasteiger partial charge in [0.2, 0.25) is 0 Å². The minimum atomic E-state index is -0.277. The molecule has 2 heterocycles. The van der Waals surface area contributed by atoms with Gasteiger partial charge in [0, 0.05) is 26.9 Å². The molecule has 7 heteroatoms. The Hall–Kier alpha value is -2.25. The largest absolute Gasteiger partial charge is 0.361 e. The van der Waals surface area contributed by atoms with Crippen LogP contribution in [0.25, 0.3) is 0 Å². The van der Waals surface area contributed by atoms with Gasteiger partial charge in [-0.05, 0) is 56.2 Å². The lowest BCUT2D eigenvalue weighted by molar-refractivity contribution is 0.0932. The average Bonchev–Trinajstić information content (AvgIpc) is 3.04. The van der Waals surface area contributed by atoms with Crippen molar-refractivity contribution < 1.29 is 13.7 Å². The zero-order valence-corrected chi connectivity index (χ0v) is 17.8. The number of halogens is 1. The molecule has 3 aromatic rings. The van der Waals surface area contributed by atoms with Crippen molar-refractivity contribution in [3.63, 3.8) is 0 Å². The molecular weight excluding hydrogens is 407 g/mol. The zero-order valence-electron chi connectivity index (χ0n) is 16.2. The van der Waals surface area contributed by atoms with E-state index in [2.05, 4.69) is 10.5 Å². The van der Waals surface area contributed by atoms with Gasteiger partial charge in [-0.25, -0.2) is 4.39 Å². The second-order valence-corrected chi connectivity index (χ2v) is 9.09. The first-order chi connectivity index (χ1) is 14.0. The molecule has 1 N–H and O–H groups in total. The Morgan fingerprint density at radius 3 is 2.93 bits per heavy atom. The third-order valence-corrected chi connectivity index (χ3v) is 7.22. The van der Waals surface area contributed by atoms with Gasteiger partial charge in [-0.2, -0.15) is 0 Å². The van der Waals surface area contributed by atoms with E-state index in [1.165, 1.54) is 12.1 Å². The first kappa shape index (κ1) is 20.0. The highest BCUT2D eigenvalue weighted by Gasteiger charge is 2.24. The summed E-state index contributed by atoms with van der Waals surface area (Å²) >= 11 is 3.29. The Bertz CT molecular complexity index is 1030. The molecule has 0 aliphatic carbocycles. The van der Waals surface area contributed by atoms with Crippen molar-refractivity contribution in [1.29, 1.82) is 0 Å². The van der Waals surface area contributed by atoms with Gasteiger partial charge < -0.3 is 9.84 Å². The van der Waals surface area contributed by atoms with Crippen molar-refractivity contribution in [2.75, 3.05) is 5.75 Å². The molecule has 0 saturated carbocycles. The van der Waals surface area contributed by atoms with Crippen LogP contribution in [0.15, 0.2) is 56.8 Å². The molecule has 29 heavy (non-hydrogen) atoms. The van der Waals surface area contributed by atoms with Crippen molar-refractivity contribution in [1.82, 2.24) is 10.5 Å². The molecule has 1 aliphatic rings. The molecule has 1 aromatic heterocycles. The van der Waals surface area contributed by atoms with Gasteiger partial charge in [-0.1, -0.05) is 17.3 Å². The highest BCUT2D eigenvalue weighted by molar-refractivity contribution is 7.99. The maximum Gasteiger partial charge on any atom is 0.252 e. The predicted molar refractivity (Wildman–Crippen MR) is 114 cm³/mol. The number of carbonyl (C=O) groups excluding carboxylic acids is 1. The van der Waals surface area contributed by atoms with E-state index in [9.17, 15) is 9.18 Å². The van der Waals surface area contributed by atoms with Crippen LogP contribution >= 0.6 is 23.5 Å². The van der Waals surface area contributed by atoms with Crippen LogP contribution in [-0.2, 0) is 5.75 Å². The molecule has 1 atom stereocenters. The number of rotatable bonds is 5. The Morgan fingerprint density at radius 1 is 1.31 bits per heavy atom. The summed E-state index contributed by atoms with van der Waals surface area (Å²) in [5.41, 5.74) is 3.41. The molecule has 2 aromatic carbocycles. The monoisotopic (exact) mass is 428 g/mol. The molecule has 0 saturated heterocycles. The van der Waals surface area contributed by atoms with Crippen molar-refractivity contribution in [3.05, 3.63) is 76.4 Å². The number of aryl methyl sites for hydroxylation is 2. The Morgan fingerprint density at radius 2 is 2.14 bits per heavy atom. The van der Waals surface area contributed by atoms with Gasteiger partial charge in [0.1, 0.15) is 11.6 Å². The van der Waals surface area contributed by atoms with Gasteiger partial charge in [-0.15, -0.1) is 23.5 Å². The molecule has 1 aliphatic heterocycles. The predicted octanol–water partition coefficient (Wildman–Crippen LogP) is 5.69. The van der Waals surface area contributed by atoms with Crippen LogP contribution in [-0.4, -0.2) is 16.8 Å². The molecular formula is C22H21FN2O2S2. The van der Waals surface area contributed by atoms with Crippen molar-refractivity contribution in [3.8, 4) is 0 Å². The van der Waals surface area contributed by atoms with Crippen molar-refractivity contribution >= 4 is 29.4 Å². The maximum absolute atomic E-state index is 13.8. The number of hydrogen-bond donors (Lipinski definition) is 1. The number of nitrogens with one attached hydrogen (secondary N) is 1. The summed E-state index contributed by atoms with van der Waals surface area (Å²) in [4.78, 5) is 15.0. The van der Waals surface area contributed by atoms with E-state index >= 15 is 0 Å². The summed E-state index contributed by atoms with van der Waals surface area (Å²) in [7, 11) is 0. The van der Waals surface area contributed by atoms with Crippen LogP contribution in [0.3, 0.4) is 0 Å². The van der Waals surface area contributed by atoms with Crippen LogP contribution in [0.4, 0.5) is 4.39 Å². The fourth-order valence-corrected chi connectivity index (χ4v) is 5.70. The molecule has 0 spiro atoms. The Kier molecular flexibility index (Phi) is 5.96. The third-order valence-electron chi connectivity index (χ3n) is 5.00. The minimum absolute atomic E-state index is 0.140. The van der Waals surface area contributed by atoms with Gasteiger partial charge in [0.15, 0.2) is 0 Å². The number of hydrogen-bond acceptors (Lipinski definition) is 5. The smallest absolute Gasteiger partial charge is 0.252 e. The molecule has 4 rings (SSSR count). The van der Waals surface area contributed by atoms with Crippen LogP contribution < -0.4 is 5.32 Å². The Balaban J connectivity index is 1.52. The first-order valence-electron chi connectivity index (χ1n) is 9.39. The van der Waals surface area contributed by atoms with Crippen LogP contribution in [0.1, 0.15) is 45.4 Å². The van der Waals surface area contributed by atoms with Crippen LogP contribution in [0.2, 0.25) is 0 Å². The quantitative estimate of drug-likeness (QED) is 0.529. The number of carbonyl (C=O) groups is 1. The second kappa shape index (κ2) is 8.63. The molecule has 0 fully saturated rings. The van der Waals surface area contributed by atoms with Crippen molar-refractivity contribution in [2.24, 2.45) is 0 Å².